The zero-order valence-corrected chi connectivity index (χ0v) is 9.00. The van der Waals surface area contributed by atoms with Crippen LogP contribution in [-0.4, -0.2) is 6.61 Å². The molecule has 0 unspecified atom stereocenters. The number of nitrogens with zero attached hydrogens (tertiary/aromatic N) is 2. The van der Waals surface area contributed by atoms with Gasteiger partial charge in [0, 0.05) is 0 Å². The van der Waals surface area contributed by atoms with Crippen LogP contribution >= 0.6 is 0 Å². The molecule has 0 heterocycles. The van der Waals surface area contributed by atoms with Crippen molar-refractivity contribution < 1.29 is 13.5 Å². The fourth-order valence-corrected chi connectivity index (χ4v) is 1.18. The minimum atomic E-state index is -1.09. The van der Waals surface area contributed by atoms with Gasteiger partial charge >= 0.3 is 0 Å². The van der Waals surface area contributed by atoms with Gasteiger partial charge in [0.1, 0.15) is 17.7 Å². The van der Waals surface area contributed by atoms with Crippen molar-refractivity contribution in [3.8, 4) is 17.9 Å². The van der Waals surface area contributed by atoms with Crippen LogP contribution in [0.3, 0.4) is 0 Å². The van der Waals surface area contributed by atoms with Crippen LogP contribution in [0.15, 0.2) is 17.7 Å². The Bertz CT molecular complexity index is 523. The molecule has 0 aliphatic rings. The zero-order valence-electron chi connectivity index (χ0n) is 9.00. The highest BCUT2D eigenvalue weighted by atomic mass is 19.2. The quantitative estimate of drug-likeness (QED) is 0.755. The highest BCUT2D eigenvalue weighted by Gasteiger charge is 2.11. The first-order valence-electron chi connectivity index (χ1n) is 4.76. The molecule has 86 valence electrons. The van der Waals surface area contributed by atoms with Crippen LogP contribution in [0.4, 0.5) is 8.78 Å². The Morgan fingerprint density at radius 2 is 2.00 bits per heavy atom. The SMILES string of the molecule is CCOc1cc(C=C(C#N)C#N)cc(F)c1F. The molecule has 0 aromatic heterocycles. The number of ether oxygens (including phenoxy) is 1. The first kappa shape index (κ1) is 12.7. The third kappa shape index (κ3) is 3.02. The second-order valence-corrected chi connectivity index (χ2v) is 3.03. The Labute approximate surface area is 97.2 Å². The van der Waals surface area contributed by atoms with Crippen LogP contribution in [0.1, 0.15) is 12.5 Å². The van der Waals surface area contributed by atoms with Crippen molar-refractivity contribution in [2.24, 2.45) is 0 Å². The molecular weight excluding hydrogens is 226 g/mol. The predicted molar refractivity (Wildman–Crippen MR) is 56.7 cm³/mol. The van der Waals surface area contributed by atoms with E-state index in [2.05, 4.69) is 0 Å². The summed E-state index contributed by atoms with van der Waals surface area (Å²) in [5.41, 5.74) is 0.00362. The van der Waals surface area contributed by atoms with E-state index in [1.165, 1.54) is 6.07 Å². The topological polar surface area (TPSA) is 56.8 Å². The molecule has 0 spiro atoms. The van der Waals surface area contributed by atoms with E-state index in [9.17, 15) is 8.78 Å². The number of rotatable bonds is 3. The lowest BCUT2D eigenvalue weighted by Gasteiger charge is -2.06. The minimum Gasteiger partial charge on any atom is -0.491 e. The number of hydrogen-bond donors (Lipinski definition) is 0. The van der Waals surface area contributed by atoms with Gasteiger partial charge in [0.15, 0.2) is 11.6 Å². The van der Waals surface area contributed by atoms with Gasteiger partial charge in [0.25, 0.3) is 0 Å². The lowest BCUT2D eigenvalue weighted by molar-refractivity contribution is 0.314. The Morgan fingerprint density at radius 3 is 2.53 bits per heavy atom. The first-order chi connectivity index (χ1) is 8.12. The van der Waals surface area contributed by atoms with Crippen LogP contribution in [0.2, 0.25) is 0 Å². The first-order valence-corrected chi connectivity index (χ1v) is 4.76. The Kier molecular flexibility index (Phi) is 4.19. The molecular formula is C12H8F2N2O. The summed E-state index contributed by atoms with van der Waals surface area (Å²) in [5.74, 6) is -2.41. The summed E-state index contributed by atoms with van der Waals surface area (Å²) in [6.45, 7) is 1.82. The van der Waals surface area contributed by atoms with E-state index >= 15 is 0 Å². The molecule has 0 saturated carbocycles. The molecule has 3 nitrogen and oxygen atoms in total. The third-order valence-electron chi connectivity index (χ3n) is 1.87. The summed E-state index contributed by atoms with van der Waals surface area (Å²) in [4.78, 5) is 0. The van der Waals surface area contributed by atoms with E-state index in [0.717, 1.165) is 12.1 Å². The summed E-state index contributed by atoms with van der Waals surface area (Å²) in [7, 11) is 0. The maximum absolute atomic E-state index is 13.2. The van der Waals surface area contributed by atoms with Crippen molar-refractivity contribution in [2.45, 2.75) is 6.92 Å². The monoisotopic (exact) mass is 234 g/mol. The number of benzene rings is 1. The average molecular weight is 234 g/mol. The van der Waals surface area contributed by atoms with Crippen molar-refractivity contribution in [1.29, 1.82) is 10.5 Å². The second kappa shape index (κ2) is 5.62. The van der Waals surface area contributed by atoms with Gasteiger partial charge in [0.2, 0.25) is 5.82 Å². The second-order valence-electron chi connectivity index (χ2n) is 3.03. The average Bonchev–Trinajstić information content (AvgIpc) is 2.32. The minimum absolute atomic E-state index is 0.187. The molecule has 1 aromatic rings. The van der Waals surface area contributed by atoms with E-state index in [0.29, 0.717) is 0 Å². The Morgan fingerprint density at radius 1 is 1.35 bits per heavy atom. The van der Waals surface area contributed by atoms with Crippen LogP contribution in [0.25, 0.3) is 6.08 Å². The molecule has 0 aliphatic heterocycles. The van der Waals surface area contributed by atoms with E-state index in [-0.39, 0.29) is 23.5 Å². The molecule has 0 N–H and O–H groups in total. The normalized spacial score (nSPS) is 9.00. The van der Waals surface area contributed by atoms with Gasteiger partial charge in [-0.1, -0.05) is 0 Å². The molecule has 0 atom stereocenters. The molecule has 0 fully saturated rings. The maximum Gasteiger partial charge on any atom is 0.200 e. The molecule has 1 rings (SSSR count). The van der Waals surface area contributed by atoms with Gasteiger partial charge in [-0.05, 0) is 30.7 Å². The van der Waals surface area contributed by atoms with Crippen molar-refractivity contribution in [1.82, 2.24) is 0 Å². The summed E-state index contributed by atoms with van der Waals surface area (Å²) >= 11 is 0. The highest BCUT2D eigenvalue weighted by molar-refractivity contribution is 5.63. The Hall–Kier alpha value is -2.40. The molecule has 17 heavy (non-hydrogen) atoms. The van der Waals surface area contributed by atoms with Crippen LogP contribution in [0, 0.1) is 34.3 Å². The molecule has 0 saturated heterocycles. The largest absolute Gasteiger partial charge is 0.491 e. The predicted octanol–water partition coefficient (Wildman–Crippen LogP) is 2.79. The van der Waals surface area contributed by atoms with Gasteiger partial charge in [-0.3, -0.25) is 0 Å². The van der Waals surface area contributed by atoms with Gasteiger partial charge < -0.3 is 4.74 Å². The molecule has 5 heteroatoms. The molecule has 0 amide bonds. The van der Waals surface area contributed by atoms with E-state index in [4.69, 9.17) is 15.3 Å². The molecule has 0 aliphatic carbocycles. The van der Waals surface area contributed by atoms with E-state index in [1.54, 1.807) is 19.1 Å². The van der Waals surface area contributed by atoms with Crippen molar-refractivity contribution in [3.63, 3.8) is 0 Å². The number of allylic oxidation sites excluding steroid dienone is 1. The number of nitriles is 2. The highest BCUT2D eigenvalue weighted by Crippen LogP contribution is 2.23. The van der Waals surface area contributed by atoms with Crippen LogP contribution in [0.5, 0.6) is 5.75 Å². The van der Waals surface area contributed by atoms with E-state index < -0.39 is 11.6 Å². The number of halogens is 2. The standard InChI is InChI=1S/C12H8F2N2O/c1-2-17-11-5-8(3-9(6-15)7-16)4-10(13)12(11)14/h3-5H,2H2,1H3. The lowest BCUT2D eigenvalue weighted by Crippen LogP contribution is -1.97. The van der Waals surface area contributed by atoms with Gasteiger partial charge in [-0.2, -0.15) is 14.9 Å². The summed E-state index contributed by atoms with van der Waals surface area (Å²) in [5, 5.41) is 17.1. The molecule has 1 aromatic carbocycles. The Balaban J connectivity index is 3.25. The smallest absolute Gasteiger partial charge is 0.200 e. The van der Waals surface area contributed by atoms with Gasteiger partial charge in [-0.15, -0.1) is 0 Å². The van der Waals surface area contributed by atoms with E-state index in [1.807, 2.05) is 0 Å². The fraction of sp³-hybridized carbons (Fsp3) is 0.167. The summed E-state index contributed by atoms with van der Waals surface area (Å²) < 4.78 is 31.3. The fourth-order valence-electron chi connectivity index (χ4n) is 1.18. The molecule has 0 bridgehead atoms. The third-order valence-corrected chi connectivity index (χ3v) is 1.87. The van der Waals surface area contributed by atoms with Crippen molar-refractivity contribution in [3.05, 3.63) is 34.9 Å². The van der Waals surface area contributed by atoms with Gasteiger partial charge in [0.05, 0.1) is 6.61 Å². The summed E-state index contributed by atoms with van der Waals surface area (Å²) in [6, 6.07) is 5.39. The molecule has 0 radical (unpaired) electrons. The lowest BCUT2D eigenvalue weighted by atomic mass is 10.1. The van der Waals surface area contributed by atoms with Gasteiger partial charge in [-0.25, -0.2) is 4.39 Å². The van der Waals surface area contributed by atoms with Crippen LogP contribution < -0.4 is 4.74 Å². The summed E-state index contributed by atoms with van der Waals surface area (Å²) in [6.07, 6.45) is 1.16. The van der Waals surface area contributed by atoms with Crippen molar-refractivity contribution in [2.75, 3.05) is 6.61 Å². The van der Waals surface area contributed by atoms with Crippen molar-refractivity contribution >= 4 is 6.08 Å². The van der Waals surface area contributed by atoms with Crippen LogP contribution in [-0.2, 0) is 0 Å². The zero-order chi connectivity index (χ0) is 12.8. The maximum atomic E-state index is 13.2. The number of hydrogen-bond acceptors (Lipinski definition) is 3.